The van der Waals surface area contributed by atoms with Crippen molar-refractivity contribution in [2.75, 3.05) is 39.8 Å². The number of aryl methyl sites for hydroxylation is 1. The molecule has 6 nitrogen and oxygen atoms in total. The number of benzene rings is 1. The summed E-state index contributed by atoms with van der Waals surface area (Å²) in [5.41, 5.74) is 1.13. The van der Waals surface area contributed by atoms with Crippen LogP contribution in [-0.2, 0) is 17.1 Å². The van der Waals surface area contributed by atoms with E-state index in [1.807, 2.05) is 25.4 Å². The van der Waals surface area contributed by atoms with Crippen molar-refractivity contribution in [3.8, 4) is 0 Å². The first-order valence-electron chi connectivity index (χ1n) is 8.56. The first-order chi connectivity index (χ1) is 12.0. The van der Waals surface area contributed by atoms with Gasteiger partial charge < -0.3 is 9.47 Å². The van der Waals surface area contributed by atoms with Gasteiger partial charge in [-0.1, -0.05) is 18.2 Å². The van der Waals surface area contributed by atoms with Crippen molar-refractivity contribution in [1.82, 2.24) is 19.1 Å². The number of sulfonamides is 1. The first-order valence-corrected chi connectivity index (χ1v) is 10.0. The first kappa shape index (κ1) is 18.1. The Balaban J connectivity index is 1.78. The molecule has 0 aliphatic carbocycles. The number of nitrogens with zero attached hydrogens (tertiary/aromatic N) is 3. The minimum atomic E-state index is -3.51. The van der Waals surface area contributed by atoms with E-state index in [0.717, 1.165) is 31.9 Å². The molecule has 0 spiro atoms. The molecule has 1 aromatic carbocycles. The van der Waals surface area contributed by atoms with Gasteiger partial charge in [0.05, 0.1) is 10.9 Å². The largest absolute Gasteiger partial charge is 0.353 e. The third-order valence-corrected chi connectivity index (χ3v) is 6.26. The van der Waals surface area contributed by atoms with Gasteiger partial charge in [-0.05, 0) is 31.3 Å². The Morgan fingerprint density at radius 1 is 1.00 bits per heavy atom. The van der Waals surface area contributed by atoms with E-state index in [4.69, 9.17) is 0 Å². The summed E-state index contributed by atoms with van der Waals surface area (Å²) in [6, 6.07) is 12.6. The van der Waals surface area contributed by atoms with E-state index in [1.165, 1.54) is 0 Å². The van der Waals surface area contributed by atoms with Crippen molar-refractivity contribution in [3.05, 3.63) is 54.4 Å². The fraction of sp³-hybridized carbons (Fsp3) is 0.444. The molecule has 1 aliphatic heterocycles. The molecule has 1 aliphatic rings. The summed E-state index contributed by atoms with van der Waals surface area (Å²) in [6.45, 7) is 4.20. The number of likely N-dealkylation sites (N-methyl/N-ethyl adjacent to an activating group) is 1. The number of aromatic nitrogens is 1. The SMILES string of the molecule is CN1CCN(C(CNS(=O)(=O)c2ccccc2)c2cccn2C)CC1. The molecule has 136 valence electrons. The Kier molecular flexibility index (Phi) is 5.58. The molecule has 2 heterocycles. The number of rotatable bonds is 6. The zero-order valence-electron chi connectivity index (χ0n) is 14.8. The molecule has 0 saturated carbocycles. The molecule has 1 fully saturated rings. The van der Waals surface area contributed by atoms with Gasteiger partial charge >= 0.3 is 0 Å². The third-order valence-electron chi connectivity index (χ3n) is 4.82. The Hall–Kier alpha value is -1.67. The van der Waals surface area contributed by atoms with Gasteiger partial charge in [0, 0.05) is 51.7 Å². The van der Waals surface area contributed by atoms with Crippen molar-refractivity contribution >= 4 is 10.0 Å². The van der Waals surface area contributed by atoms with Gasteiger partial charge in [0.25, 0.3) is 0 Å². The fourth-order valence-electron chi connectivity index (χ4n) is 3.25. The highest BCUT2D eigenvalue weighted by atomic mass is 32.2. The molecule has 7 heteroatoms. The number of piperazine rings is 1. The summed E-state index contributed by atoms with van der Waals surface area (Å²) < 4.78 is 30.0. The van der Waals surface area contributed by atoms with Gasteiger partial charge in [0.1, 0.15) is 0 Å². The zero-order valence-corrected chi connectivity index (χ0v) is 15.6. The molecule has 0 radical (unpaired) electrons. The second-order valence-corrected chi connectivity index (χ2v) is 8.33. The van der Waals surface area contributed by atoms with Crippen molar-refractivity contribution in [2.24, 2.45) is 7.05 Å². The molecular formula is C18H26N4O2S. The maximum atomic E-state index is 12.6. The number of nitrogens with one attached hydrogen (secondary N) is 1. The standard InChI is InChI=1S/C18H26N4O2S/c1-20-11-13-22(14-12-20)18(17-9-6-10-21(17)2)15-19-25(23,24)16-7-4-3-5-8-16/h3-10,18-19H,11-15H2,1-2H3. The van der Waals surface area contributed by atoms with E-state index in [-0.39, 0.29) is 6.04 Å². The van der Waals surface area contributed by atoms with Crippen molar-refractivity contribution in [2.45, 2.75) is 10.9 Å². The molecule has 1 saturated heterocycles. The van der Waals surface area contributed by atoms with E-state index in [9.17, 15) is 8.42 Å². The van der Waals surface area contributed by atoms with Crippen molar-refractivity contribution < 1.29 is 8.42 Å². The van der Waals surface area contributed by atoms with Crippen LogP contribution in [0.4, 0.5) is 0 Å². The quantitative estimate of drug-likeness (QED) is 0.841. The molecule has 1 unspecified atom stereocenters. The van der Waals surface area contributed by atoms with Crippen LogP contribution >= 0.6 is 0 Å². The highest BCUT2D eigenvalue weighted by Crippen LogP contribution is 2.22. The van der Waals surface area contributed by atoms with E-state index in [1.54, 1.807) is 24.3 Å². The molecule has 0 amide bonds. The van der Waals surface area contributed by atoms with E-state index in [2.05, 4.69) is 32.2 Å². The maximum Gasteiger partial charge on any atom is 0.240 e. The average Bonchev–Trinajstić information content (AvgIpc) is 3.03. The van der Waals surface area contributed by atoms with Gasteiger partial charge in [-0.15, -0.1) is 0 Å². The lowest BCUT2D eigenvalue weighted by atomic mass is 10.1. The average molecular weight is 362 g/mol. The summed E-state index contributed by atoms with van der Waals surface area (Å²) in [5.74, 6) is 0. The molecular weight excluding hydrogens is 336 g/mol. The Morgan fingerprint density at radius 2 is 1.68 bits per heavy atom. The Labute approximate surface area is 150 Å². The van der Waals surface area contributed by atoms with Crippen LogP contribution in [0.25, 0.3) is 0 Å². The van der Waals surface area contributed by atoms with Crippen molar-refractivity contribution in [3.63, 3.8) is 0 Å². The second kappa shape index (κ2) is 7.70. The van der Waals surface area contributed by atoms with Crippen LogP contribution in [0.2, 0.25) is 0 Å². The summed E-state index contributed by atoms with van der Waals surface area (Å²) in [6.07, 6.45) is 2.00. The minimum absolute atomic E-state index is 0.0205. The lowest BCUT2D eigenvalue weighted by Crippen LogP contribution is -2.48. The van der Waals surface area contributed by atoms with Gasteiger partial charge in [0.15, 0.2) is 0 Å². The van der Waals surface area contributed by atoms with Crippen LogP contribution in [0.15, 0.2) is 53.6 Å². The predicted octanol–water partition coefficient (Wildman–Crippen LogP) is 1.29. The molecule has 0 bridgehead atoms. The molecule has 1 aromatic heterocycles. The van der Waals surface area contributed by atoms with Gasteiger partial charge in [-0.3, -0.25) is 4.90 Å². The van der Waals surface area contributed by atoms with Crippen LogP contribution in [0.3, 0.4) is 0 Å². The van der Waals surface area contributed by atoms with Gasteiger partial charge in [-0.2, -0.15) is 0 Å². The van der Waals surface area contributed by atoms with Gasteiger partial charge in [0.2, 0.25) is 10.0 Å². The fourth-order valence-corrected chi connectivity index (χ4v) is 4.31. The molecule has 2 aromatic rings. The van der Waals surface area contributed by atoms with E-state index < -0.39 is 10.0 Å². The lowest BCUT2D eigenvalue weighted by Gasteiger charge is -2.38. The summed E-state index contributed by atoms with van der Waals surface area (Å²) >= 11 is 0. The summed E-state index contributed by atoms with van der Waals surface area (Å²) in [7, 11) is 0.617. The highest BCUT2D eigenvalue weighted by Gasteiger charge is 2.27. The van der Waals surface area contributed by atoms with Crippen molar-refractivity contribution in [1.29, 1.82) is 0 Å². The van der Waals surface area contributed by atoms with Crippen LogP contribution in [-0.4, -0.2) is 62.6 Å². The normalized spacial score (nSPS) is 18.3. The third kappa shape index (κ3) is 4.30. The minimum Gasteiger partial charge on any atom is -0.353 e. The van der Waals surface area contributed by atoms with E-state index in [0.29, 0.717) is 11.4 Å². The van der Waals surface area contributed by atoms with E-state index >= 15 is 0 Å². The highest BCUT2D eigenvalue weighted by molar-refractivity contribution is 7.89. The van der Waals surface area contributed by atoms with Crippen LogP contribution < -0.4 is 4.72 Å². The molecule has 3 rings (SSSR count). The van der Waals surface area contributed by atoms with Gasteiger partial charge in [-0.25, -0.2) is 13.1 Å². The predicted molar refractivity (Wildman–Crippen MR) is 98.9 cm³/mol. The molecule has 1 N–H and O–H groups in total. The van der Waals surface area contributed by atoms with Crippen LogP contribution in [0.5, 0.6) is 0 Å². The summed E-state index contributed by atoms with van der Waals surface area (Å²) in [4.78, 5) is 4.97. The maximum absolute atomic E-state index is 12.6. The number of hydrogen-bond donors (Lipinski definition) is 1. The molecule has 1 atom stereocenters. The monoisotopic (exact) mass is 362 g/mol. The van der Waals surface area contributed by atoms with Crippen LogP contribution in [0, 0.1) is 0 Å². The Bertz CT molecular complexity index is 780. The topological polar surface area (TPSA) is 57.6 Å². The number of hydrogen-bond acceptors (Lipinski definition) is 4. The zero-order chi connectivity index (χ0) is 17.9. The lowest BCUT2D eigenvalue weighted by molar-refractivity contribution is 0.109. The smallest absolute Gasteiger partial charge is 0.240 e. The van der Waals surface area contributed by atoms with Crippen LogP contribution in [0.1, 0.15) is 11.7 Å². The molecule has 25 heavy (non-hydrogen) atoms. The second-order valence-electron chi connectivity index (χ2n) is 6.56. The summed E-state index contributed by atoms with van der Waals surface area (Å²) in [5, 5.41) is 0. The Morgan fingerprint density at radius 3 is 2.28 bits per heavy atom.